The van der Waals surface area contributed by atoms with Gasteiger partial charge in [-0.15, -0.1) is 0 Å². The summed E-state index contributed by atoms with van der Waals surface area (Å²) in [7, 11) is 0. The second kappa shape index (κ2) is 7.61. The molecule has 27 heavy (non-hydrogen) atoms. The minimum atomic E-state index is -1.00. The third-order valence-electron chi connectivity index (χ3n) is 4.14. The van der Waals surface area contributed by atoms with Crippen molar-refractivity contribution in [3.8, 4) is 0 Å². The summed E-state index contributed by atoms with van der Waals surface area (Å²) < 4.78 is 40.3. The summed E-state index contributed by atoms with van der Waals surface area (Å²) in [5.41, 5.74) is 0.564. The Balaban J connectivity index is 1.82. The molecule has 8 heteroatoms. The number of hydrogen-bond acceptors (Lipinski definition) is 3. The fourth-order valence-corrected chi connectivity index (χ4v) is 2.71. The number of nitrogens with one attached hydrogen (secondary N) is 1. The number of anilines is 1. The molecule has 0 saturated carbocycles. The first-order valence-corrected chi connectivity index (χ1v) is 8.26. The van der Waals surface area contributed by atoms with Crippen molar-refractivity contribution in [3.05, 3.63) is 65.5 Å². The third-order valence-corrected chi connectivity index (χ3v) is 4.14. The maximum atomic E-state index is 14.0. The zero-order valence-corrected chi connectivity index (χ0v) is 14.4. The lowest BCUT2D eigenvalue weighted by atomic mass is 10.0. The average molecular weight is 375 g/mol. The van der Waals surface area contributed by atoms with E-state index < -0.39 is 35.3 Å². The number of nitrogens with zero attached hydrogens (tertiary/aromatic N) is 2. The molecule has 1 aliphatic rings. The van der Waals surface area contributed by atoms with Crippen molar-refractivity contribution in [1.82, 2.24) is 5.01 Å². The van der Waals surface area contributed by atoms with Gasteiger partial charge in [0.1, 0.15) is 23.5 Å². The summed E-state index contributed by atoms with van der Waals surface area (Å²) in [5, 5.41) is 7.58. The fourth-order valence-electron chi connectivity index (χ4n) is 2.71. The fraction of sp³-hybridized carbons (Fsp3) is 0.211. The molecule has 0 bridgehead atoms. The van der Waals surface area contributed by atoms with Crippen LogP contribution in [0.25, 0.3) is 0 Å². The quantitative estimate of drug-likeness (QED) is 0.890. The number of hydrogen-bond donors (Lipinski definition) is 1. The number of hydrazone groups is 1. The van der Waals surface area contributed by atoms with Gasteiger partial charge in [-0.3, -0.25) is 9.59 Å². The number of benzene rings is 2. The van der Waals surface area contributed by atoms with Crippen molar-refractivity contribution in [3.63, 3.8) is 0 Å². The Morgan fingerprint density at radius 2 is 1.85 bits per heavy atom. The van der Waals surface area contributed by atoms with Crippen LogP contribution in [0, 0.1) is 17.5 Å². The molecule has 0 aromatic heterocycles. The van der Waals surface area contributed by atoms with Gasteiger partial charge in [-0.25, -0.2) is 18.2 Å². The van der Waals surface area contributed by atoms with E-state index in [2.05, 4.69) is 10.4 Å². The molecule has 0 spiro atoms. The van der Waals surface area contributed by atoms with Gasteiger partial charge in [0, 0.05) is 30.2 Å². The monoisotopic (exact) mass is 375 g/mol. The molecule has 0 aliphatic carbocycles. The van der Waals surface area contributed by atoms with E-state index in [0.717, 1.165) is 23.2 Å². The minimum absolute atomic E-state index is 0.0350. The van der Waals surface area contributed by atoms with E-state index in [1.165, 1.54) is 31.2 Å². The van der Waals surface area contributed by atoms with E-state index in [9.17, 15) is 22.8 Å². The zero-order chi connectivity index (χ0) is 19.6. The Bertz CT molecular complexity index is 930. The van der Waals surface area contributed by atoms with Gasteiger partial charge in [-0.05, 0) is 37.3 Å². The summed E-state index contributed by atoms with van der Waals surface area (Å²) >= 11 is 0. The second-order valence-corrected chi connectivity index (χ2v) is 6.08. The van der Waals surface area contributed by atoms with Gasteiger partial charge >= 0.3 is 0 Å². The van der Waals surface area contributed by atoms with Gasteiger partial charge in [0.2, 0.25) is 11.8 Å². The van der Waals surface area contributed by atoms with Crippen LogP contribution in [0.5, 0.6) is 0 Å². The van der Waals surface area contributed by atoms with Crippen LogP contribution in [0.1, 0.15) is 25.3 Å². The molecule has 0 fully saturated rings. The number of carbonyl (C=O) groups is 2. The predicted octanol–water partition coefficient (Wildman–Crippen LogP) is 3.46. The van der Waals surface area contributed by atoms with Crippen molar-refractivity contribution in [1.29, 1.82) is 0 Å². The lowest BCUT2D eigenvalue weighted by molar-refractivity contribution is -0.138. The Morgan fingerprint density at radius 1 is 1.11 bits per heavy atom. The van der Waals surface area contributed by atoms with Gasteiger partial charge in [0.15, 0.2) is 0 Å². The summed E-state index contributed by atoms with van der Waals surface area (Å²) in [4.78, 5) is 24.6. The molecule has 140 valence electrons. The number of rotatable bonds is 4. The van der Waals surface area contributed by atoms with Gasteiger partial charge in [-0.1, -0.05) is 6.07 Å². The van der Waals surface area contributed by atoms with Gasteiger partial charge in [-0.2, -0.15) is 5.10 Å². The number of halogens is 3. The van der Waals surface area contributed by atoms with Crippen LogP contribution < -0.4 is 5.32 Å². The molecule has 2 aromatic carbocycles. The van der Waals surface area contributed by atoms with E-state index in [0.29, 0.717) is 0 Å². The first kappa shape index (κ1) is 18.6. The van der Waals surface area contributed by atoms with Crippen LogP contribution in [0.2, 0.25) is 0 Å². The maximum Gasteiger partial charge on any atom is 0.249 e. The molecule has 5 nitrogen and oxygen atoms in total. The van der Waals surface area contributed by atoms with E-state index in [4.69, 9.17) is 0 Å². The first-order valence-electron chi connectivity index (χ1n) is 8.26. The molecular formula is C19H16F3N3O2. The van der Waals surface area contributed by atoms with Crippen LogP contribution in [-0.2, 0) is 9.59 Å². The Labute approximate surface area is 153 Å². The molecule has 0 radical (unpaired) electrons. The Morgan fingerprint density at radius 3 is 2.56 bits per heavy atom. The SMILES string of the molecule is CC(C(=O)Nc1cccc(F)c1)N1N=C(c2ccc(F)cc2F)CCC1=O. The molecule has 1 aliphatic heterocycles. The van der Waals surface area contributed by atoms with Crippen molar-refractivity contribution < 1.29 is 22.8 Å². The highest BCUT2D eigenvalue weighted by Crippen LogP contribution is 2.21. The molecule has 3 rings (SSSR count). The van der Waals surface area contributed by atoms with Crippen molar-refractivity contribution in [2.24, 2.45) is 5.10 Å². The smallest absolute Gasteiger partial charge is 0.249 e. The molecular weight excluding hydrogens is 359 g/mol. The average Bonchev–Trinajstić information content (AvgIpc) is 2.62. The Kier molecular flexibility index (Phi) is 5.25. The highest BCUT2D eigenvalue weighted by Gasteiger charge is 2.30. The third kappa shape index (κ3) is 4.16. The topological polar surface area (TPSA) is 61.8 Å². The molecule has 1 unspecified atom stereocenters. The first-order chi connectivity index (χ1) is 12.8. The van der Waals surface area contributed by atoms with Gasteiger partial charge in [0.05, 0.1) is 5.71 Å². The van der Waals surface area contributed by atoms with Crippen molar-refractivity contribution in [2.45, 2.75) is 25.8 Å². The molecule has 1 atom stereocenters. The van der Waals surface area contributed by atoms with Gasteiger partial charge < -0.3 is 5.32 Å². The zero-order valence-electron chi connectivity index (χ0n) is 14.4. The van der Waals surface area contributed by atoms with E-state index in [1.807, 2.05) is 0 Å². The normalized spacial score (nSPS) is 15.3. The molecule has 1 N–H and O–H groups in total. The summed E-state index contributed by atoms with van der Waals surface area (Å²) in [6.45, 7) is 1.46. The van der Waals surface area contributed by atoms with E-state index in [1.54, 1.807) is 0 Å². The Hall–Kier alpha value is -3.16. The van der Waals surface area contributed by atoms with Crippen LogP contribution in [0.3, 0.4) is 0 Å². The minimum Gasteiger partial charge on any atom is -0.324 e. The molecule has 1 heterocycles. The number of amides is 2. The van der Waals surface area contributed by atoms with E-state index >= 15 is 0 Å². The predicted molar refractivity (Wildman–Crippen MR) is 93.5 cm³/mol. The maximum absolute atomic E-state index is 14.0. The van der Waals surface area contributed by atoms with Crippen LogP contribution in [0.15, 0.2) is 47.6 Å². The molecule has 2 amide bonds. The second-order valence-electron chi connectivity index (χ2n) is 6.08. The van der Waals surface area contributed by atoms with Crippen LogP contribution in [0.4, 0.5) is 18.9 Å². The van der Waals surface area contributed by atoms with Crippen LogP contribution in [-0.4, -0.2) is 28.6 Å². The lowest BCUT2D eigenvalue weighted by Gasteiger charge is -2.28. The van der Waals surface area contributed by atoms with E-state index in [-0.39, 0.29) is 29.8 Å². The largest absolute Gasteiger partial charge is 0.324 e. The summed E-state index contributed by atoms with van der Waals surface area (Å²) in [6, 6.07) is 7.41. The van der Waals surface area contributed by atoms with Crippen molar-refractivity contribution >= 4 is 23.2 Å². The van der Waals surface area contributed by atoms with Crippen LogP contribution >= 0.6 is 0 Å². The highest BCUT2D eigenvalue weighted by atomic mass is 19.1. The highest BCUT2D eigenvalue weighted by molar-refractivity contribution is 6.05. The molecule has 2 aromatic rings. The number of carbonyl (C=O) groups excluding carboxylic acids is 2. The summed E-state index contributed by atoms with van der Waals surface area (Å²) in [6.07, 6.45) is 0.212. The standard InChI is InChI=1S/C19H16F3N3O2/c1-11(19(27)23-14-4-2-3-12(20)9-14)25-18(26)8-7-17(24-25)15-6-5-13(21)10-16(15)22/h2-6,9-11H,7-8H2,1H3,(H,23,27). The lowest BCUT2D eigenvalue weighted by Crippen LogP contribution is -2.45. The molecule has 0 saturated heterocycles. The van der Waals surface area contributed by atoms with Gasteiger partial charge in [0.25, 0.3) is 0 Å². The van der Waals surface area contributed by atoms with Crippen molar-refractivity contribution in [2.75, 3.05) is 5.32 Å². The summed E-state index contributed by atoms with van der Waals surface area (Å²) in [5.74, 6) is -2.99.